The van der Waals surface area contributed by atoms with Crippen LogP contribution in [0.5, 0.6) is 0 Å². The van der Waals surface area contributed by atoms with Crippen molar-refractivity contribution in [3.63, 3.8) is 0 Å². The Hall–Kier alpha value is -0.600. The molecular weight excluding hydrogens is 249 g/mol. The lowest BCUT2D eigenvalue weighted by atomic mass is 10.0. The summed E-state index contributed by atoms with van der Waals surface area (Å²) in [6, 6.07) is 5.04. The van der Waals surface area contributed by atoms with Gasteiger partial charge in [-0.15, -0.1) is 0 Å². The van der Waals surface area contributed by atoms with Gasteiger partial charge in [-0.3, -0.25) is 0 Å². The summed E-state index contributed by atoms with van der Waals surface area (Å²) in [5.41, 5.74) is 0.842. The average Bonchev–Trinajstić information content (AvgIpc) is 2.36. The van der Waals surface area contributed by atoms with E-state index in [-0.39, 0.29) is 5.82 Å². The number of hydrogen-bond donors (Lipinski definition) is 1. The lowest BCUT2D eigenvalue weighted by molar-refractivity contribution is 0.433. The summed E-state index contributed by atoms with van der Waals surface area (Å²) in [6.07, 6.45) is 5.94. The van der Waals surface area contributed by atoms with Gasteiger partial charge in [-0.1, -0.05) is 44.7 Å². The van der Waals surface area contributed by atoms with Crippen LogP contribution in [0.15, 0.2) is 18.2 Å². The molecule has 1 aromatic rings. The first-order chi connectivity index (χ1) is 8.67. The van der Waals surface area contributed by atoms with Crippen molar-refractivity contribution in [2.75, 3.05) is 0 Å². The predicted molar refractivity (Wildman–Crippen MR) is 76.5 cm³/mol. The molecule has 3 heteroatoms. The zero-order valence-electron chi connectivity index (χ0n) is 11.3. The fourth-order valence-corrected chi connectivity index (χ4v) is 2.26. The van der Waals surface area contributed by atoms with Crippen LogP contribution in [0.3, 0.4) is 0 Å². The molecule has 0 heterocycles. The number of unbranched alkanes of at least 4 members (excludes halogenated alkanes) is 1. The maximum atomic E-state index is 13.1. The quantitative estimate of drug-likeness (QED) is 0.707. The molecule has 0 amide bonds. The fraction of sp³-hybridized carbons (Fsp3) is 0.600. The first-order valence-corrected chi connectivity index (χ1v) is 7.22. The lowest BCUT2D eigenvalue weighted by Gasteiger charge is -2.18. The van der Waals surface area contributed by atoms with Gasteiger partial charge in [0, 0.05) is 17.6 Å². The minimum absolute atomic E-state index is 0.225. The molecule has 0 saturated carbocycles. The fourth-order valence-electron chi connectivity index (χ4n) is 2.08. The molecule has 1 rings (SSSR count). The van der Waals surface area contributed by atoms with Crippen molar-refractivity contribution < 1.29 is 4.39 Å². The molecule has 0 radical (unpaired) electrons. The van der Waals surface area contributed by atoms with E-state index >= 15 is 0 Å². The third-order valence-electron chi connectivity index (χ3n) is 3.13. The second-order valence-corrected chi connectivity index (χ2v) is 5.15. The van der Waals surface area contributed by atoms with Crippen LogP contribution in [0.1, 0.15) is 51.5 Å². The van der Waals surface area contributed by atoms with Gasteiger partial charge in [-0.25, -0.2) is 4.39 Å². The number of hydrogen-bond acceptors (Lipinski definition) is 1. The standard InChI is InChI=1S/C15H23ClFN/c1-3-5-7-14(6-4-2)18-11-12-10-13(17)8-9-15(12)16/h8-10,14,18H,3-7,11H2,1-2H3. The summed E-state index contributed by atoms with van der Waals surface area (Å²) in [6.45, 7) is 5.03. The van der Waals surface area contributed by atoms with Gasteiger partial charge in [0.05, 0.1) is 0 Å². The van der Waals surface area contributed by atoms with Crippen LogP contribution in [0.4, 0.5) is 4.39 Å². The molecule has 1 atom stereocenters. The Morgan fingerprint density at radius 3 is 2.67 bits per heavy atom. The number of halogens is 2. The van der Waals surface area contributed by atoms with Crippen LogP contribution >= 0.6 is 11.6 Å². The first-order valence-electron chi connectivity index (χ1n) is 6.84. The topological polar surface area (TPSA) is 12.0 Å². The molecule has 0 spiro atoms. The average molecular weight is 272 g/mol. The molecule has 1 N–H and O–H groups in total. The molecule has 0 aliphatic heterocycles. The Labute approximate surface area is 115 Å². The molecule has 0 aliphatic carbocycles. The highest BCUT2D eigenvalue weighted by atomic mass is 35.5. The Morgan fingerprint density at radius 2 is 2.00 bits per heavy atom. The SMILES string of the molecule is CCCCC(CCC)NCc1cc(F)ccc1Cl. The van der Waals surface area contributed by atoms with E-state index in [0.717, 1.165) is 18.4 Å². The molecule has 1 aromatic carbocycles. The third-order valence-corrected chi connectivity index (χ3v) is 3.50. The van der Waals surface area contributed by atoms with E-state index in [1.165, 1.54) is 31.4 Å². The highest BCUT2D eigenvalue weighted by molar-refractivity contribution is 6.31. The minimum atomic E-state index is -0.225. The van der Waals surface area contributed by atoms with Crippen LogP contribution in [0.25, 0.3) is 0 Å². The predicted octanol–water partition coefficient (Wildman–Crippen LogP) is 4.93. The summed E-state index contributed by atoms with van der Waals surface area (Å²) in [7, 11) is 0. The molecule has 102 valence electrons. The van der Waals surface area contributed by atoms with Crippen molar-refractivity contribution in [1.29, 1.82) is 0 Å². The van der Waals surface area contributed by atoms with E-state index in [1.807, 2.05) is 0 Å². The highest BCUT2D eigenvalue weighted by Gasteiger charge is 2.08. The normalized spacial score (nSPS) is 12.7. The Morgan fingerprint density at radius 1 is 1.22 bits per heavy atom. The van der Waals surface area contributed by atoms with Crippen LogP contribution in [0.2, 0.25) is 5.02 Å². The van der Waals surface area contributed by atoms with Crippen LogP contribution in [0, 0.1) is 5.82 Å². The third kappa shape index (κ3) is 5.36. The summed E-state index contributed by atoms with van der Waals surface area (Å²) >= 11 is 6.05. The van der Waals surface area contributed by atoms with Crippen LogP contribution in [-0.4, -0.2) is 6.04 Å². The minimum Gasteiger partial charge on any atom is -0.310 e. The summed E-state index contributed by atoms with van der Waals surface area (Å²) in [5, 5.41) is 4.12. The first kappa shape index (κ1) is 15.5. The van der Waals surface area contributed by atoms with Gasteiger partial charge in [-0.2, -0.15) is 0 Å². The van der Waals surface area contributed by atoms with Crippen LogP contribution in [-0.2, 0) is 6.54 Å². The molecule has 0 saturated heterocycles. The van der Waals surface area contributed by atoms with Crippen molar-refractivity contribution in [3.05, 3.63) is 34.6 Å². The summed E-state index contributed by atoms with van der Waals surface area (Å²) in [5.74, 6) is -0.225. The van der Waals surface area contributed by atoms with E-state index < -0.39 is 0 Å². The molecule has 1 unspecified atom stereocenters. The van der Waals surface area contributed by atoms with E-state index in [4.69, 9.17) is 11.6 Å². The zero-order valence-corrected chi connectivity index (χ0v) is 12.1. The van der Waals surface area contributed by atoms with Crippen molar-refractivity contribution in [2.24, 2.45) is 0 Å². The van der Waals surface area contributed by atoms with Gasteiger partial charge in [0.25, 0.3) is 0 Å². The molecule has 1 nitrogen and oxygen atoms in total. The van der Waals surface area contributed by atoms with Gasteiger partial charge < -0.3 is 5.32 Å². The number of nitrogens with one attached hydrogen (secondary N) is 1. The van der Waals surface area contributed by atoms with E-state index in [1.54, 1.807) is 6.07 Å². The maximum absolute atomic E-state index is 13.1. The summed E-state index contributed by atoms with van der Waals surface area (Å²) < 4.78 is 13.1. The second kappa shape index (κ2) is 8.49. The molecule has 0 aromatic heterocycles. The van der Waals surface area contributed by atoms with Crippen molar-refractivity contribution >= 4 is 11.6 Å². The molecule has 0 fully saturated rings. The van der Waals surface area contributed by atoms with E-state index in [9.17, 15) is 4.39 Å². The Kier molecular flexibility index (Phi) is 7.29. The van der Waals surface area contributed by atoms with Gasteiger partial charge in [0.1, 0.15) is 5.82 Å². The highest BCUT2D eigenvalue weighted by Crippen LogP contribution is 2.17. The zero-order chi connectivity index (χ0) is 13.4. The van der Waals surface area contributed by atoms with E-state index in [0.29, 0.717) is 17.6 Å². The van der Waals surface area contributed by atoms with Crippen molar-refractivity contribution in [1.82, 2.24) is 5.32 Å². The monoisotopic (exact) mass is 271 g/mol. The summed E-state index contributed by atoms with van der Waals surface area (Å²) in [4.78, 5) is 0. The molecule has 0 aliphatic rings. The Bertz CT molecular complexity index is 354. The largest absolute Gasteiger partial charge is 0.310 e. The van der Waals surface area contributed by atoms with Crippen molar-refractivity contribution in [3.8, 4) is 0 Å². The van der Waals surface area contributed by atoms with Gasteiger partial charge in [0.15, 0.2) is 0 Å². The number of benzene rings is 1. The Balaban J connectivity index is 2.52. The van der Waals surface area contributed by atoms with Crippen molar-refractivity contribution in [2.45, 2.75) is 58.5 Å². The van der Waals surface area contributed by atoms with Gasteiger partial charge >= 0.3 is 0 Å². The lowest BCUT2D eigenvalue weighted by Crippen LogP contribution is -2.28. The number of rotatable bonds is 8. The second-order valence-electron chi connectivity index (χ2n) is 4.74. The molecule has 18 heavy (non-hydrogen) atoms. The molecular formula is C15H23ClFN. The van der Waals surface area contributed by atoms with Gasteiger partial charge in [0.2, 0.25) is 0 Å². The van der Waals surface area contributed by atoms with Crippen LogP contribution < -0.4 is 5.32 Å². The van der Waals surface area contributed by atoms with Gasteiger partial charge in [-0.05, 0) is 36.6 Å². The van der Waals surface area contributed by atoms with E-state index in [2.05, 4.69) is 19.2 Å². The molecule has 0 bridgehead atoms. The smallest absolute Gasteiger partial charge is 0.123 e. The maximum Gasteiger partial charge on any atom is 0.123 e.